The summed E-state index contributed by atoms with van der Waals surface area (Å²) in [6.45, 7) is 5.94. The summed E-state index contributed by atoms with van der Waals surface area (Å²) in [5.41, 5.74) is -3.90. The van der Waals surface area contributed by atoms with Crippen molar-refractivity contribution >= 4 is 5.97 Å². The van der Waals surface area contributed by atoms with Crippen LogP contribution < -0.4 is 0 Å². The minimum absolute atomic E-state index is 0.483. The lowest BCUT2D eigenvalue weighted by molar-refractivity contribution is -0.145. The Morgan fingerprint density at radius 3 is 2.00 bits per heavy atom. The van der Waals surface area contributed by atoms with Crippen LogP contribution in [0, 0.1) is 46.9 Å². The fourth-order valence-corrected chi connectivity index (χ4v) is 3.54. The molecule has 0 spiro atoms. The minimum Gasteiger partial charge on any atom is -0.481 e. The van der Waals surface area contributed by atoms with Crippen LogP contribution in [0.3, 0.4) is 0 Å². The molecule has 2 nitrogen and oxygen atoms in total. The van der Waals surface area contributed by atoms with Gasteiger partial charge in [-0.15, -0.1) is 0 Å². The molecule has 0 amide bonds. The Bertz CT molecular complexity index is 680. The van der Waals surface area contributed by atoms with Gasteiger partial charge in [-0.05, 0) is 31.6 Å². The summed E-state index contributed by atoms with van der Waals surface area (Å²) in [6.07, 6.45) is 2.68. The van der Waals surface area contributed by atoms with Crippen molar-refractivity contribution in [1.82, 2.24) is 0 Å². The van der Waals surface area contributed by atoms with Crippen molar-refractivity contribution in [2.24, 2.45) is 16.7 Å². The highest BCUT2D eigenvalue weighted by molar-refractivity contribution is 5.82. The fraction of sp³-hybridized carbons (Fsp3) is 0.471. The van der Waals surface area contributed by atoms with Crippen molar-refractivity contribution in [2.45, 2.75) is 34.1 Å². The lowest BCUT2D eigenvalue weighted by Crippen LogP contribution is -2.26. The highest BCUT2D eigenvalue weighted by Crippen LogP contribution is 2.71. The maximum atomic E-state index is 14.1. The summed E-state index contributed by atoms with van der Waals surface area (Å²) in [7, 11) is 0. The number of carboxylic acids is 1. The van der Waals surface area contributed by atoms with Gasteiger partial charge < -0.3 is 5.11 Å². The maximum Gasteiger partial charge on any atom is 0.311 e. The zero-order valence-electron chi connectivity index (χ0n) is 13.3. The zero-order valence-corrected chi connectivity index (χ0v) is 13.3. The maximum absolute atomic E-state index is 14.1. The molecule has 1 aromatic carbocycles. The van der Waals surface area contributed by atoms with E-state index >= 15 is 0 Å². The second-order valence-corrected chi connectivity index (χ2v) is 6.54. The quantitative estimate of drug-likeness (QED) is 0.505. The molecule has 0 aliphatic heterocycles. The Morgan fingerprint density at radius 2 is 1.61 bits per heavy atom. The predicted molar refractivity (Wildman–Crippen MR) is 76.9 cm³/mol. The van der Waals surface area contributed by atoms with Crippen LogP contribution in [0.25, 0.3) is 0 Å². The molecule has 0 heterocycles. The number of carboxylic acid groups (broad SMARTS) is 1. The van der Waals surface area contributed by atoms with Gasteiger partial charge in [-0.25, -0.2) is 17.6 Å². The van der Waals surface area contributed by atoms with Gasteiger partial charge >= 0.3 is 5.97 Å². The van der Waals surface area contributed by atoms with Gasteiger partial charge in [-0.1, -0.05) is 26.0 Å². The largest absolute Gasteiger partial charge is 0.481 e. The SMILES string of the molecule is C/C=C/C1C(C)(C)[C@]1(Cc1c(F)c(F)c(C)c(F)c1F)C(=O)O. The Morgan fingerprint density at radius 1 is 1.13 bits per heavy atom. The van der Waals surface area contributed by atoms with E-state index in [0.717, 1.165) is 6.92 Å². The molecule has 23 heavy (non-hydrogen) atoms. The minimum atomic E-state index is -1.52. The van der Waals surface area contributed by atoms with Crippen LogP contribution >= 0.6 is 0 Å². The van der Waals surface area contributed by atoms with E-state index in [1.807, 2.05) is 0 Å². The number of allylic oxidation sites excluding steroid dienone is 2. The molecule has 2 rings (SSSR count). The van der Waals surface area contributed by atoms with Gasteiger partial charge in [0.25, 0.3) is 0 Å². The summed E-state index contributed by atoms with van der Waals surface area (Å²) in [6, 6.07) is 0. The molecule has 0 radical (unpaired) electrons. The van der Waals surface area contributed by atoms with Gasteiger partial charge in [-0.3, -0.25) is 4.79 Å². The molecule has 0 saturated heterocycles. The number of aliphatic carboxylic acids is 1. The Labute approximate surface area is 131 Å². The van der Waals surface area contributed by atoms with E-state index in [1.165, 1.54) is 0 Å². The number of hydrogen-bond donors (Lipinski definition) is 1. The third-order valence-electron chi connectivity index (χ3n) is 5.17. The molecule has 1 unspecified atom stereocenters. The standard InChI is InChI=1S/C17H18F4O2/c1-5-6-10-16(3,4)17(10,15(22)23)7-9-13(20)11(18)8(2)12(19)14(9)21/h5-6,10H,7H2,1-4H3,(H,22,23)/b6-5+/t10?,17-/m0/s1. The molecule has 1 aromatic rings. The first-order valence-corrected chi connectivity index (χ1v) is 7.21. The molecular formula is C17H18F4O2. The number of halogens is 4. The molecule has 6 heteroatoms. The van der Waals surface area contributed by atoms with Crippen molar-refractivity contribution in [3.63, 3.8) is 0 Å². The summed E-state index contributed by atoms with van der Waals surface area (Å²) >= 11 is 0. The molecule has 2 atom stereocenters. The van der Waals surface area contributed by atoms with Gasteiger partial charge in [0, 0.05) is 11.1 Å². The van der Waals surface area contributed by atoms with Crippen LogP contribution in [-0.4, -0.2) is 11.1 Å². The van der Waals surface area contributed by atoms with Crippen LogP contribution in [-0.2, 0) is 11.2 Å². The second kappa shape index (κ2) is 5.35. The van der Waals surface area contributed by atoms with Gasteiger partial charge in [0.05, 0.1) is 5.41 Å². The Balaban J connectivity index is 2.60. The van der Waals surface area contributed by atoms with Gasteiger partial charge in [0.1, 0.15) is 0 Å². The van der Waals surface area contributed by atoms with E-state index in [4.69, 9.17) is 0 Å². The molecule has 1 aliphatic carbocycles. The van der Waals surface area contributed by atoms with Gasteiger partial charge in [0.15, 0.2) is 23.3 Å². The van der Waals surface area contributed by atoms with Gasteiger partial charge in [-0.2, -0.15) is 0 Å². The van der Waals surface area contributed by atoms with Crippen LogP contribution in [0.15, 0.2) is 12.2 Å². The summed E-state index contributed by atoms with van der Waals surface area (Å²) < 4.78 is 55.6. The lowest BCUT2D eigenvalue weighted by atomic mass is 9.87. The van der Waals surface area contributed by atoms with E-state index in [9.17, 15) is 27.5 Å². The van der Waals surface area contributed by atoms with Crippen molar-refractivity contribution in [2.75, 3.05) is 0 Å². The summed E-state index contributed by atoms with van der Waals surface area (Å²) in [5.74, 6) is -7.75. The van der Waals surface area contributed by atoms with Crippen molar-refractivity contribution in [1.29, 1.82) is 0 Å². The molecule has 1 fully saturated rings. The molecule has 1 aliphatic rings. The molecule has 1 saturated carbocycles. The first-order valence-electron chi connectivity index (χ1n) is 7.21. The first kappa shape index (κ1) is 17.5. The van der Waals surface area contributed by atoms with Crippen molar-refractivity contribution in [3.8, 4) is 0 Å². The average Bonchev–Trinajstić information content (AvgIpc) is 2.96. The lowest BCUT2D eigenvalue weighted by Gasteiger charge is -2.17. The Kier molecular flexibility index (Phi) is 4.07. The number of carbonyl (C=O) groups is 1. The molecule has 0 aromatic heterocycles. The van der Waals surface area contributed by atoms with E-state index in [2.05, 4.69) is 0 Å². The van der Waals surface area contributed by atoms with E-state index in [-0.39, 0.29) is 0 Å². The van der Waals surface area contributed by atoms with Crippen molar-refractivity contribution in [3.05, 3.63) is 46.5 Å². The first-order chi connectivity index (χ1) is 10.5. The normalized spacial score (nSPS) is 25.8. The van der Waals surface area contributed by atoms with E-state index < -0.39 is 63.5 Å². The van der Waals surface area contributed by atoms with Crippen LogP contribution in [0.5, 0.6) is 0 Å². The Hall–Kier alpha value is -1.85. The topological polar surface area (TPSA) is 37.3 Å². The molecule has 1 N–H and O–H groups in total. The molecular weight excluding hydrogens is 312 g/mol. The zero-order chi connectivity index (χ0) is 17.7. The van der Waals surface area contributed by atoms with Crippen LogP contribution in [0.1, 0.15) is 31.9 Å². The van der Waals surface area contributed by atoms with E-state index in [1.54, 1.807) is 32.9 Å². The highest BCUT2D eigenvalue weighted by atomic mass is 19.2. The third-order valence-corrected chi connectivity index (χ3v) is 5.17. The van der Waals surface area contributed by atoms with Crippen LogP contribution in [0.4, 0.5) is 17.6 Å². The summed E-state index contributed by atoms with van der Waals surface area (Å²) in [4.78, 5) is 11.8. The fourth-order valence-electron chi connectivity index (χ4n) is 3.54. The molecule has 0 bridgehead atoms. The number of hydrogen-bond acceptors (Lipinski definition) is 1. The van der Waals surface area contributed by atoms with E-state index in [0.29, 0.717) is 0 Å². The predicted octanol–water partition coefficient (Wildman–Crippen LogP) is 4.40. The average molecular weight is 330 g/mol. The number of benzene rings is 1. The van der Waals surface area contributed by atoms with Crippen molar-refractivity contribution < 1.29 is 27.5 Å². The van der Waals surface area contributed by atoms with Crippen LogP contribution in [0.2, 0.25) is 0 Å². The smallest absolute Gasteiger partial charge is 0.311 e. The monoisotopic (exact) mass is 330 g/mol. The van der Waals surface area contributed by atoms with Gasteiger partial charge in [0.2, 0.25) is 0 Å². The number of rotatable bonds is 4. The third kappa shape index (κ3) is 2.18. The highest BCUT2D eigenvalue weighted by Gasteiger charge is 2.74. The second-order valence-electron chi connectivity index (χ2n) is 6.54. The molecule has 126 valence electrons. The summed E-state index contributed by atoms with van der Waals surface area (Å²) in [5, 5.41) is 9.61.